The predicted octanol–water partition coefficient (Wildman–Crippen LogP) is 3.15. The van der Waals surface area contributed by atoms with Gasteiger partial charge in [0.15, 0.2) is 0 Å². The Morgan fingerprint density at radius 3 is 2.61 bits per heavy atom. The van der Waals surface area contributed by atoms with E-state index in [1.165, 1.54) is 24.8 Å². The van der Waals surface area contributed by atoms with E-state index in [0.717, 1.165) is 28.9 Å². The average Bonchev–Trinajstić information content (AvgIpc) is 2.41. The van der Waals surface area contributed by atoms with E-state index >= 15 is 0 Å². The summed E-state index contributed by atoms with van der Waals surface area (Å²) in [7, 11) is 3.40. The molecule has 1 aromatic rings. The first kappa shape index (κ1) is 13.7. The second-order valence-corrected chi connectivity index (χ2v) is 5.50. The third-order valence-corrected chi connectivity index (χ3v) is 4.05. The summed E-state index contributed by atoms with van der Waals surface area (Å²) >= 11 is 3.49. The fourth-order valence-corrected chi connectivity index (χ4v) is 2.93. The summed E-state index contributed by atoms with van der Waals surface area (Å²) in [5.74, 6) is 1.79. The quantitative estimate of drug-likeness (QED) is 0.926. The molecule has 4 heteroatoms. The van der Waals surface area contributed by atoms with Crippen molar-refractivity contribution in [2.45, 2.75) is 31.7 Å². The molecular weight excluding hydrogens is 294 g/mol. The van der Waals surface area contributed by atoms with Crippen molar-refractivity contribution in [3.63, 3.8) is 0 Å². The van der Waals surface area contributed by atoms with Crippen LogP contribution < -0.4 is 14.8 Å². The van der Waals surface area contributed by atoms with Gasteiger partial charge in [-0.3, -0.25) is 0 Å². The molecule has 1 heterocycles. The van der Waals surface area contributed by atoms with Crippen LogP contribution in [0.2, 0.25) is 0 Å². The van der Waals surface area contributed by atoms with E-state index in [1.54, 1.807) is 14.2 Å². The molecule has 0 spiro atoms. The summed E-state index contributed by atoms with van der Waals surface area (Å²) in [5, 5.41) is 3.56. The van der Waals surface area contributed by atoms with Crippen molar-refractivity contribution in [3.8, 4) is 11.5 Å². The third-order valence-electron chi connectivity index (χ3n) is 3.43. The normalized spacial score (nSPS) is 19.6. The van der Waals surface area contributed by atoms with Crippen LogP contribution >= 0.6 is 15.9 Å². The molecule has 0 radical (unpaired) electrons. The van der Waals surface area contributed by atoms with Gasteiger partial charge in [-0.25, -0.2) is 0 Å². The van der Waals surface area contributed by atoms with Gasteiger partial charge in [-0.15, -0.1) is 0 Å². The highest BCUT2D eigenvalue weighted by Crippen LogP contribution is 2.33. The van der Waals surface area contributed by atoms with Gasteiger partial charge < -0.3 is 14.8 Å². The first-order valence-electron chi connectivity index (χ1n) is 6.38. The van der Waals surface area contributed by atoms with Gasteiger partial charge in [0.05, 0.1) is 18.7 Å². The van der Waals surface area contributed by atoms with Crippen molar-refractivity contribution < 1.29 is 9.47 Å². The van der Waals surface area contributed by atoms with Crippen LogP contribution in [-0.2, 0) is 6.42 Å². The number of hydrogen-bond donors (Lipinski definition) is 1. The summed E-state index contributed by atoms with van der Waals surface area (Å²) in [5.41, 5.74) is 1.21. The summed E-state index contributed by atoms with van der Waals surface area (Å²) < 4.78 is 11.7. The maximum Gasteiger partial charge on any atom is 0.133 e. The molecule has 100 valence electrons. The predicted molar refractivity (Wildman–Crippen MR) is 76.6 cm³/mol. The van der Waals surface area contributed by atoms with Crippen LogP contribution in [-0.4, -0.2) is 26.8 Å². The molecule has 0 amide bonds. The third kappa shape index (κ3) is 3.18. The van der Waals surface area contributed by atoms with E-state index in [2.05, 4.69) is 27.3 Å². The number of hydrogen-bond acceptors (Lipinski definition) is 3. The Hall–Kier alpha value is -0.740. The van der Waals surface area contributed by atoms with Crippen LogP contribution in [0.25, 0.3) is 0 Å². The standard InChI is InChI=1S/C14H20BrNO2/c1-17-13-9-12(15)14(18-2)8-10(13)7-11-5-3-4-6-16-11/h8-9,11,16H,3-7H2,1-2H3. The highest BCUT2D eigenvalue weighted by Gasteiger charge is 2.17. The summed E-state index contributed by atoms with van der Waals surface area (Å²) in [6, 6.07) is 4.61. The SMILES string of the molecule is COc1cc(CC2CCCCN2)c(OC)cc1Br. The molecule has 0 aliphatic carbocycles. The number of piperidine rings is 1. The maximum absolute atomic E-state index is 5.45. The van der Waals surface area contributed by atoms with E-state index in [0.29, 0.717) is 6.04 Å². The lowest BCUT2D eigenvalue weighted by atomic mass is 9.97. The van der Waals surface area contributed by atoms with Crippen LogP contribution in [0.1, 0.15) is 24.8 Å². The van der Waals surface area contributed by atoms with Crippen LogP contribution in [0, 0.1) is 0 Å². The molecule has 1 saturated heterocycles. The Morgan fingerprint density at radius 2 is 2.00 bits per heavy atom. The van der Waals surface area contributed by atoms with Crippen molar-refractivity contribution in [3.05, 3.63) is 22.2 Å². The topological polar surface area (TPSA) is 30.5 Å². The first-order valence-corrected chi connectivity index (χ1v) is 7.17. The fourth-order valence-electron chi connectivity index (χ4n) is 2.45. The van der Waals surface area contributed by atoms with Crippen molar-refractivity contribution in [1.29, 1.82) is 0 Å². The molecular formula is C14H20BrNO2. The number of benzene rings is 1. The lowest BCUT2D eigenvalue weighted by Gasteiger charge is -2.24. The number of methoxy groups -OCH3 is 2. The Balaban J connectivity index is 2.18. The molecule has 1 unspecified atom stereocenters. The molecule has 0 saturated carbocycles. The van der Waals surface area contributed by atoms with Gasteiger partial charge in [0.1, 0.15) is 11.5 Å². The highest BCUT2D eigenvalue weighted by atomic mass is 79.9. The summed E-state index contributed by atoms with van der Waals surface area (Å²) in [4.78, 5) is 0. The van der Waals surface area contributed by atoms with Crippen molar-refractivity contribution in [1.82, 2.24) is 5.32 Å². The smallest absolute Gasteiger partial charge is 0.133 e. The minimum atomic E-state index is 0.554. The molecule has 1 atom stereocenters. The van der Waals surface area contributed by atoms with Gasteiger partial charge in [0.2, 0.25) is 0 Å². The lowest BCUT2D eigenvalue weighted by molar-refractivity contribution is 0.376. The van der Waals surface area contributed by atoms with E-state index in [9.17, 15) is 0 Å². The number of rotatable bonds is 4. The second kappa shape index (κ2) is 6.43. The monoisotopic (exact) mass is 313 g/mol. The maximum atomic E-state index is 5.45. The van der Waals surface area contributed by atoms with Gasteiger partial charge in [-0.05, 0) is 59.4 Å². The van der Waals surface area contributed by atoms with Gasteiger partial charge >= 0.3 is 0 Å². The molecule has 18 heavy (non-hydrogen) atoms. The van der Waals surface area contributed by atoms with Crippen LogP contribution in [0.5, 0.6) is 11.5 Å². The number of nitrogens with one attached hydrogen (secondary N) is 1. The molecule has 1 aliphatic rings. The van der Waals surface area contributed by atoms with Gasteiger partial charge in [0.25, 0.3) is 0 Å². The number of halogens is 1. The molecule has 1 N–H and O–H groups in total. The van der Waals surface area contributed by atoms with Crippen LogP contribution in [0.15, 0.2) is 16.6 Å². The Kier molecular flexibility index (Phi) is 4.89. The van der Waals surface area contributed by atoms with Crippen LogP contribution in [0.3, 0.4) is 0 Å². The molecule has 2 rings (SSSR count). The van der Waals surface area contributed by atoms with Gasteiger partial charge in [-0.1, -0.05) is 6.42 Å². The minimum Gasteiger partial charge on any atom is -0.496 e. The molecule has 3 nitrogen and oxygen atoms in total. The number of ether oxygens (including phenoxy) is 2. The molecule has 1 aromatic carbocycles. The second-order valence-electron chi connectivity index (χ2n) is 4.65. The largest absolute Gasteiger partial charge is 0.496 e. The van der Waals surface area contributed by atoms with Crippen molar-refractivity contribution in [2.24, 2.45) is 0 Å². The van der Waals surface area contributed by atoms with E-state index in [4.69, 9.17) is 9.47 Å². The average molecular weight is 314 g/mol. The van der Waals surface area contributed by atoms with Gasteiger partial charge in [0, 0.05) is 6.04 Å². The fraction of sp³-hybridized carbons (Fsp3) is 0.571. The van der Waals surface area contributed by atoms with Crippen LogP contribution in [0.4, 0.5) is 0 Å². The Bertz CT molecular complexity index is 403. The zero-order valence-electron chi connectivity index (χ0n) is 11.0. The van der Waals surface area contributed by atoms with E-state index < -0.39 is 0 Å². The first-order chi connectivity index (χ1) is 8.74. The minimum absolute atomic E-state index is 0.554. The van der Waals surface area contributed by atoms with Crippen molar-refractivity contribution in [2.75, 3.05) is 20.8 Å². The van der Waals surface area contributed by atoms with E-state index in [-0.39, 0.29) is 0 Å². The Labute approximate surface area is 117 Å². The Morgan fingerprint density at radius 1 is 1.22 bits per heavy atom. The molecule has 0 bridgehead atoms. The highest BCUT2D eigenvalue weighted by molar-refractivity contribution is 9.10. The molecule has 0 aromatic heterocycles. The lowest BCUT2D eigenvalue weighted by Crippen LogP contribution is -2.35. The van der Waals surface area contributed by atoms with E-state index in [1.807, 2.05) is 6.07 Å². The van der Waals surface area contributed by atoms with Crippen molar-refractivity contribution >= 4 is 15.9 Å². The zero-order chi connectivity index (χ0) is 13.0. The van der Waals surface area contributed by atoms with Gasteiger partial charge in [-0.2, -0.15) is 0 Å². The zero-order valence-corrected chi connectivity index (χ0v) is 12.5. The molecule has 1 fully saturated rings. The summed E-state index contributed by atoms with van der Waals surface area (Å²) in [6.07, 6.45) is 4.83. The molecule has 1 aliphatic heterocycles. The summed E-state index contributed by atoms with van der Waals surface area (Å²) in [6.45, 7) is 1.13.